The molecule has 4 rings (SSSR count). The van der Waals surface area contributed by atoms with E-state index < -0.39 is 0 Å². The number of carbonyl (C=O) groups excluding carboxylic acids is 1. The molecule has 0 unspecified atom stereocenters. The summed E-state index contributed by atoms with van der Waals surface area (Å²) in [6.07, 6.45) is 1.08. The predicted molar refractivity (Wildman–Crippen MR) is 95.6 cm³/mol. The van der Waals surface area contributed by atoms with Crippen molar-refractivity contribution in [2.24, 2.45) is 0 Å². The van der Waals surface area contributed by atoms with Gasteiger partial charge in [-0.1, -0.05) is 48.5 Å². The van der Waals surface area contributed by atoms with Crippen LogP contribution in [0.3, 0.4) is 0 Å². The van der Waals surface area contributed by atoms with Crippen molar-refractivity contribution < 1.29 is 14.3 Å². The van der Waals surface area contributed by atoms with Gasteiger partial charge in [0, 0.05) is 12.0 Å². The molecule has 0 spiro atoms. The van der Waals surface area contributed by atoms with Crippen LogP contribution in [0.2, 0.25) is 0 Å². The van der Waals surface area contributed by atoms with Crippen LogP contribution in [-0.2, 0) is 9.53 Å². The molecule has 4 atom stereocenters. The van der Waals surface area contributed by atoms with E-state index in [4.69, 9.17) is 9.47 Å². The molecular formula is C21H23NO3. The van der Waals surface area contributed by atoms with Gasteiger partial charge in [-0.25, -0.2) is 0 Å². The zero-order valence-corrected chi connectivity index (χ0v) is 14.4. The topological polar surface area (TPSA) is 47.6 Å². The van der Waals surface area contributed by atoms with E-state index in [0.29, 0.717) is 12.5 Å². The fourth-order valence-electron chi connectivity index (χ4n) is 4.10. The Morgan fingerprint density at radius 1 is 1.16 bits per heavy atom. The molecule has 0 aromatic heterocycles. The van der Waals surface area contributed by atoms with Crippen LogP contribution in [0.5, 0.6) is 5.75 Å². The van der Waals surface area contributed by atoms with E-state index in [1.807, 2.05) is 25.1 Å². The number of para-hydroxylation sites is 1. The van der Waals surface area contributed by atoms with E-state index in [0.717, 1.165) is 12.2 Å². The van der Waals surface area contributed by atoms with Crippen molar-refractivity contribution in [1.29, 1.82) is 0 Å². The molecular weight excluding hydrogens is 314 g/mol. The Kier molecular flexibility index (Phi) is 4.45. The average molecular weight is 337 g/mol. The van der Waals surface area contributed by atoms with Gasteiger partial charge in [0.15, 0.2) is 0 Å². The Morgan fingerprint density at radius 2 is 1.92 bits per heavy atom. The van der Waals surface area contributed by atoms with Crippen molar-refractivity contribution >= 4 is 5.97 Å². The Hall–Kier alpha value is -2.33. The molecule has 2 aromatic carbocycles. The average Bonchev–Trinajstić information content (AvgIpc) is 3.09. The van der Waals surface area contributed by atoms with Crippen molar-refractivity contribution in [3.63, 3.8) is 0 Å². The molecule has 0 bridgehead atoms. The lowest BCUT2D eigenvalue weighted by molar-refractivity contribution is -0.145. The van der Waals surface area contributed by atoms with Gasteiger partial charge in [0.2, 0.25) is 0 Å². The van der Waals surface area contributed by atoms with Crippen molar-refractivity contribution in [2.75, 3.05) is 6.61 Å². The van der Waals surface area contributed by atoms with Crippen molar-refractivity contribution in [3.05, 3.63) is 65.7 Å². The Morgan fingerprint density at radius 3 is 2.72 bits per heavy atom. The first kappa shape index (κ1) is 16.2. The number of rotatable bonds is 4. The first-order chi connectivity index (χ1) is 12.3. The van der Waals surface area contributed by atoms with Crippen molar-refractivity contribution in [2.45, 2.75) is 43.9 Å². The van der Waals surface area contributed by atoms with E-state index in [1.54, 1.807) is 0 Å². The van der Waals surface area contributed by atoms with Crippen molar-refractivity contribution in [1.82, 2.24) is 5.32 Å². The molecule has 2 aliphatic heterocycles. The standard InChI is InChI=1S/C21H23NO3/c1-2-24-20(23)13-19-21-16(15-10-6-7-11-18(15)25-19)12-17(22-21)14-8-4-3-5-9-14/h3-11,16-17,19,21-22H,2,12-13H2,1H3/t16-,17+,19+,21+/m1/s1. The maximum absolute atomic E-state index is 12.0. The SMILES string of the molecule is CCOC(=O)C[C@@H]1Oc2ccccc2[C@H]2C[C@@H](c3ccccc3)N[C@H]12. The highest BCUT2D eigenvalue weighted by Crippen LogP contribution is 2.46. The van der Waals surface area contributed by atoms with Crippen molar-refractivity contribution in [3.8, 4) is 5.75 Å². The van der Waals surface area contributed by atoms with Gasteiger partial charge < -0.3 is 14.8 Å². The lowest BCUT2D eigenvalue weighted by Gasteiger charge is -2.35. The first-order valence-corrected chi connectivity index (χ1v) is 8.98. The van der Waals surface area contributed by atoms with E-state index in [2.05, 4.69) is 41.7 Å². The molecule has 2 aromatic rings. The van der Waals surface area contributed by atoms with Gasteiger partial charge in [-0.2, -0.15) is 0 Å². The number of hydrogen-bond acceptors (Lipinski definition) is 4. The minimum Gasteiger partial charge on any atom is -0.488 e. The monoisotopic (exact) mass is 337 g/mol. The van der Waals surface area contributed by atoms with Gasteiger partial charge in [-0.3, -0.25) is 4.79 Å². The second-order valence-electron chi connectivity index (χ2n) is 6.70. The number of fused-ring (bicyclic) bond motifs is 3. The molecule has 0 radical (unpaired) electrons. The lowest BCUT2D eigenvalue weighted by Crippen LogP contribution is -2.46. The zero-order chi connectivity index (χ0) is 17.2. The van der Waals surface area contributed by atoms with E-state index >= 15 is 0 Å². The molecule has 1 fully saturated rings. The van der Waals surface area contributed by atoms with Crippen LogP contribution in [0.4, 0.5) is 0 Å². The molecule has 2 aliphatic rings. The Labute approximate surface area is 148 Å². The fourth-order valence-corrected chi connectivity index (χ4v) is 4.10. The van der Waals surface area contributed by atoms with Crippen LogP contribution in [0.1, 0.15) is 42.9 Å². The number of hydrogen-bond donors (Lipinski definition) is 1. The molecule has 0 saturated carbocycles. The summed E-state index contributed by atoms with van der Waals surface area (Å²) >= 11 is 0. The molecule has 4 nitrogen and oxygen atoms in total. The third kappa shape index (κ3) is 3.14. The van der Waals surface area contributed by atoms with Gasteiger partial charge in [-0.15, -0.1) is 0 Å². The van der Waals surface area contributed by atoms with Crippen LogP contribution in [-0.4, -0.2) is 24.7 Å². The van der Waals surface area contributed by atoms with Gasteiger partial charge in [0.05, 0.1) is 19.1 Å². The summed E-state index contributed by atoms with van der Waals surface area (Å²) in [4.78, 5) is 12.0. The van der Waals surface area contributed by atoms with E-state index in [1.165, 1.54) is 11.1 Å². The zero-order valence-electron chi connectivity index (χ0n) is 14.4. The van der Waals surface area contributed by atoms with Gasteiger partial charge in [0.1, 0.15) is 11.9 Å². The van der Waals surface area contributed by atoms with E-state index in [-0.39, 0.29) is 30.6 Å². The Balaban J connectivity index is 1.62. The lowest BCUT2D eigenvalue weighted by atomic mass is 9.84. The highest BCUT2D eigenvalue weighted by Gasteiger charge is 2.45. The smallest absolute Gasteiger partial charge is 0.309 e. The Bertz CT molecular complexity index is 746. The third-order valence-corrected chi connectivity index (χ3v) is 5.19. The molecule has 1 N–H and O–H groups in total. The largest absolute Gasteiger partial charge is 0.488 e. The quantitative estimate of drug-likeness (QED) is 0.866. The normalized spacial score (nSPS) is 27.1. The number of benzene rings is 2. The molecule has 1 saturated heterocycles. The summed E-state index contributed by atoms with van der Waals surface area (Å²) in [6, 6.07) is 19.1. The highest BCUT2D eigenvalue weighted by molar-refractivity contribution is 5.70. The predicted octanol–water partition coefficient (Wildman–Crippen LogP) is 3.59. The third-order valence-electron chi connectivity index (χ3n) is 5.19. The molecule has 4 heteroatoms. The maximum atomic E-state index is 12.0. The second kappa shape index (κ2) is 6.89. The minimum atomic E-state index is -0.201. The van der Waals surface area contributed by atoms with Gasteiger partial charge in [-0.05, 0) is 30.5 Å². The molecule has 25 heavy (non-hydrogen) atoms. The van der Waals surface area contributed by atoms with Crippen LogP contribution in [0, 0.1) is 0 Å². The summed E-state index contributed by atoms with van der Waals surface area (Å²) in [5.41, 5.74) is 2.52. The number of carbonyl (C=O) groups is 1. The first-order valence-electron chi connectivity index (χ1n) is 8.98. The second-order valence-corrected chi connectivity index (χ2v) is 6.70. The number of nitrogens with one attached hydrogen (secondary N) is 1. The van der Waals surface area contributed by atoms with Crippen LogP contribution in [0.15, 0.2) is 54.6 Å². The van der Waals surface area contributed by atoms with Crippen LogP contribution in [0.25, 0.3) is 0 Å². The molecule has 0 aliphatic carbocycles. The van der Waals surface area contributed by atoms with Gasteiger partial charge >= 0.3 is 5.97 Å². The summed E-state index contributed by atoms with van der Waals surface area (Å²) in [5.74, 6) is 1.04. The molecule has 2 heterocycles. The van der Waals surface area contributed by atoms with Crippen LogP contribution >= 0.6 is 0 Å². The summed E-state index contributed by atoms with van der Waals surface area (Å²) in [5, 5.41) is 3.71. The van der Waals surface area contributed by atoms with Gasteiger partial charge in [0.25, 0.3) is 0 Å². The van der Waals surface area contributed by atoms with Crippen LogP contribution < -0.4 is 10.1 Å². The summed E-state index contributed by atoms with van der Waals surface area (Å²) in [6.45, 7) is 2.23. The number of ether oxygens (including phenoxy) is 2. The highest BCUT2D eigenvalue weighted by atomic mass is 16.5. The molecule has 0 amide bonds. The summed E-state index contributed by atoms with van der Waals surface area (Å²) < 4.78 is 11.3. The maximum Gasteiger partial charge on any atom is 0.309 e. The minimum absolute atomic E-state index is 0.115. The fraction of sp³-hybridized carbons (Fsp3) is 0.381. The summed E-state index contributed by atoms with van der Waals surface area (Å²) in [7, 11) is 0. The number of esters is 1. The van der Waals surface area contributed by atoms with E-state index in [9.17, 15) is 4.79 Å². The molecule has 130 valence electrons.